The molecule has 3 unspecified atom stereocenters. The van der Waals surface area contributed by atoms with E-state index in [1.807, 2.05) is 27.7 Å². The number of carbonyl (C=O) groups excluding carboxylic acids is 3. The van der Waals surface area contributed by atoms with E-state index in [4.69, 9.17) is 0 Å². The van der Waals surface area contributed by atoms with Gasteiger partial charge >= 0.3 is 49.4 Å². The lowest BCUT2D eigenvalue weighted by Gasteiger charge is -2.21. The highest BCUT2D eigenvalue weighted by molar-refractivity contribution is 5.88. The summed E-state index contributed by atoms with van der Waals surface area (Å²) < 4.78 is 378. The van der Waals surface area contributed by atoms with Crippen LogP contribution in [-0.4, -0.2) is 17.3 Å². The molecule has 0 fully saturated rings. The maximum absolute atomic E-state index is 14.2. The number of ketones is 3. The van der Waals surface area contributed by atoms with Crippen LogP contribution in [-0.2, 0) is 63.8 Å². The van der Waals surface area contributed by atoms with E-state index in [2.05, 4.69) is 16.0 Å². The average Bonchev–Trinajstić information content (AvgIpc) is 0.649. The van der Waals surface area contributed by atoms with Gasteiger partial charge < -0.3 is 16.0 Å². The maximum atomic E-state index is 14.2. The number of alkyl halides is 24. The van der Waals surface area contributed by atoms with Gasteiger partial charge in [-0.05, 0) is 253 Å². The number of rotatable bonds is 21. The van der Waals surface area contributed by atoms with Crippen LogP contribution < -0.4 is 16.0 Å². The number of hydrogen-bond donors (Lipinski definition) is 3. The predicted octanol–water partition coefficient (Wildman–Crippen LogP) is 29.2. The fourth-order valence-electron chi connectivity index (χ4n) is 12.5. The molecule has 0 spiro atoms. The van der Waals surface area contributed by atoms with Crippen LogP contribution in [0.1, 0.15) is 161 Å². The Morgan fingerprint density at radius 3 is 0.829 bits per heavy atom. The van der Waals surface area contributed by atoms with Crippen molar-refractivity contribution in [2.75, 3.05) is 16.0 Å². The molecular weight excluding hydrogens is 1620 g/mol. The summed E-state index contributed by atoms with van der Waals surface area (Å²) in [5.74, 6) is -8.10. The zero-order valence-corrected chi connectivity index (χ0v) is 62.5. The molecule has 117 heavy (non-hydrogen) atoms. The van der Waals surface area contributed by atoms with Gasteiger partial charge in [0.1, 0.15) is 40.6 Å². The molecule has 0 aliphatic rings. The quantitative estimate of drug-likeness (QED) is 0.0622. The molecule has 630 valence electrons. The van der Waals surface area contributed by atoms with Crippen LogP contribution in [0.3, 0.4) is 0 Å². The third-order valence-electron chi connectivity index (χ3n) is 17.7. The molecule has 3 atom stereocenters. The van der Waals surface area contributed by atoms with Crippen LogP contribution >= 0.6 is 0 Å². The SMILES string of the molecule is CC(=O)C(CC(C)C)c1cc(Nc2cc(C(F)(F)F)cc(C(F)(F)F)c2)cc(-c2cc(F)cc(C(F)(F)F)c2)c1.CC(=O)C(CC(C)C)c1cc(Nc2cc(C(F)(F)F)ccc2C(F)(F)F)cc(-c2cc(F)cc(C(F)(F)F)c2)c1.CC(=O)C(CC(C)C)c1cc(Nc2ccc(F)cc2C(F)(F)F)cc(-c2cc(F)cc(C(F)(F)F)c2)c1. The molecule has 3 N–H and O–H groups in total. The summed E-state index contributed by atoms with van der Waals surface area (Å²) >= 11 is 0. The molecule has 0 radical (unpaired) electrons. The number of benzene rings is 9. The summed E-state index contributed by atoms with van der Waals surface area (Å²) in [5, 5.41) is 7.31. The second kappa shape index (κ2) is 36.1. The molecule has 0 heterocycles. The van der Waals surface area contributed by atoms with Crippen LogP contribution in [0.5, 0.6) is 0 Å². The summed E-state index contributed by atoms with van der Waals surface area (Å²) in [4.78, 5) is 37.4. The lowest BCUT2D eigenvalue weighted by Crippen LogP contribution is -2.14. The molecule has 0 saturated carbocycles. The van der Waals surface area contributed by atoms with E-state index in [-0.39, 0.29) is 146 Å². The van der Waals surface area contributed by atoms with Gasteiger partial charge in [-0.25, -0.2) is 17.6 Å². The van der Waals surface area contributed by atoms with Gasteiger partial charge in [-0.3, -0.25) is 14.4 Å². The van der Waals surface area contributed by atoms with Crippen LogP contribution in [0.15, 0.2) is 164 Å². The lowest BCUT2D eigenvalue weighted by molar-refractivity contribution is -0.143. The molecule has 0 aromatic heterocycles. The van der Waals surface area contributed by atoms with Crippen molar-refractivity contribution in [1.82, 2.24) is 0 Å². The zero-order chi connectivity index (χ0) is 88.1. The van der Waals surface area contributed by atoms with Gasteiger partial charge in [-0.2, -0.15) is 105 Å². The standard InChI is InChI=1S/2C28H23F10NO.C27H23F8NO/c1-14(2)4-25(15(3)40)18-5-16(17-6-19(26(30,31)32)11-22(29)7-17)8-23(9-18)39-24-12-20(27(33,34)35)10-21(13-24)28(36,37)38;1-14(2)6-23(15(3)40)18-7-16(17-8-20(27(33,34)35)12-21(29)9-17)10-22(11-18)39-25-13-19(26(30,31)32)4-5-24(25)28(36,37)38;1-14(2)6-23(15(3)37)18-7-16(17-8-19(26(30,31)32)12-21(29)9-17)10-22(11-18)36-25-5-4-20(28)13-24(25)27(33,34)35/h5-14,25,39H,4H2,1-3H3;4-5,7-14,23,39H,6H2,1-3H3;4-5,7-14,23,36H,6H2,1-3H3. The van der Waals surface area contributed by atoms with Crippen molar-refractivity contribution in [2.45, 2.75) is 149 Å². The smallest absolute Gasteiger partial charge is 0.355 e. The van der Waals surface area contributed by atoms with Crippen LogP contribution in [0.25, 0.3) is 33.4 Å². The predicted molar refractivity (Wildman–Crippen MR) is 383 cm³/mol. The number of hydrogen-bond acceptors (Lipinski definition) is 6. The largest absolute Gasteiger partial charge is 0.418 e. The van der Waals surface area contributed by atoms with E-state index in [1.165, 1.54) is 63.2 Å². The topological polar surface area (TPSA) is 87.3 Å². The van der Waals surface area contributed by atoms with E-state index in [9.17, 15) is 137 Å². The van der Waals surface area contributed by atoms with Gasteiger partial charge in [0.25, 0.3) is 0 Å². The summed E-state index contributed by atoms with van der Waals surface area (Å²) in [6.07, 6.45) is -38.9. The number of carbonyl (C=O) groups is 3. The second-order valence-corrected chi connectivity index (χ2v) is 28.7. The van der Waals surface area contributed by atoms with Crippen molar-refractivity contribution < 1.29 is 137 Å². The molecule has 9 rings (SSSR count). The van der Waals surface area contributed by atoms with Crippen molar-refractivity contribution in [3.63, 3.8) is 0 Å². The molecular formula is C83H69F28N3O3. The zero-order valence-electron chi connectivity index (χ0n) is 62.5. The van der Waals surface area contributed by atoms with E-state index in [1.54, 1.807) is 13.8 Å². The third-order valence-corrected chi connectivity index (χ3v) is 17.7. The molecule has 34 heteroatoms. The van der Waals surface area contributed by atoms with Crippen LogP contribution in [0, 0.1) is 41.0 Å². The van der Waals surface area contributed by atoms with Gasteiger partial charge in [0.15, 0.2) is 0 Å². The fraction of sp³-hybridized carbons (Fsp3) is 0.313. The van der Waals surface area contributed by atoms with E-state index in [0.717, 1.165) is 48.5 Å². The number of Topliss-reactive ketones (excluding diaryl/α,β-unsaturated/α-hetero) is 3. The Morgan fingerprint density at radius 1 is 0.256 bits per heavy atom. The first kappa shape index (κ1) is 93.6. The maximum Gasteiger partial charge on any atom is 0.418 e. The highest BCUT2D eigenvalue weighted by Crippen LogP contribution is 2.47. The Labute approximate surface area is 650 Å². The van der Waals surface area contributed by atoms with Crippen molar-refractivity contribution in [3.8, 4) is 33.4 Å². The highest BCUT2D eigenvalue weighted by atomic mass is 19.4. The first-order chi connectivity index (χ1) is 53.5. The third kappa shape index (κ3) is 26.2. The normalized spacial score (nSPS) is 13.3. The molecule has 6 nitrogen and oxygen atoms in total. The van der Waals surface area contributed by atoms with Gasteiger partial charge in [0.05, 0.1) is 55.9 Å². The Hall–Kier alpha value is -10.6. The molecule has 9 aromatic carbocycles. The second-order valence-electron chi connectivity index (χ2n) is 28.7. The summed E-state index contributed by atoms with van der Waals surface area (Å²) in [6, 6.07) is 20.5. The first-order valence-electron chi connectivity index (χ1n) is 34.9. The van der Waals surface area contributed by atoms with Crippen molar-refractivity contribution in [1.29, 1.82) is 0 Å². The van der Waals surface area contributed by atoms with E-state index < -0.39 is 152 Å². The van der Waals surface area contributed by atoms with Gasteiger partial charge in [-0.15, -0.1) is 0 Å². The average molecular weight is 1690 g/mol. The summed E-state index contributed by atoms with van der Waals surface area (Å²) in [6.45, 7) is 14.8. The van der Waals surface area contributed by atoms with Crippen molar-refractivity contribution in [3.05, 3.63) is 248 Å². The van der Waals surface area contributed by atoms with Crippen molar-refractivity contribution in [2.24, 2.45) is 17.8 Å². The number of anilines is 6. The Kier molecular flexibility index (Phi) is 28.9. The molecule has 0 saturated heterocycles. The minimum atomic E-state index is -5.11. The Morgan fingerprint density at radius 2 is 0.538 bits per heavy atom. The molecule has 0 aliphatic carbocycles. The summed E-state index contributed by atoms with van der Waals surface area (Å²) in [5.41, 5.74) is -13.7. The van der Waals surface area contributed by atoms with Crippen LogP contribution in [0.2, 0.25) is 0 Å². The molecule has 0 bridgehead atoms. The highest BCUT2D eigenvalue weighted by Gasteiger charge is 2.41. The summed E-state index contributed by atoms with van der Waals surface area (Å²) in [7, 11) is 0. The molecule has 0 aliphatic heterocycles. The van der Waals surface area contributed by atoms with Gasteiger partial charge in [0, 0.05) is 40.5 Å². The minimum absolute atomic E-state index is 0.00238. The minimum Gasteiger partial charge on any atom is -0.355 e. The lowest BCUT2D eigenvalue weighted by atomic mass is 9.85. The monoisotopic (exact) mass is 1690 g/mol. The van der Waals surface area contributed by atoms with E-state index in [0.29, 0.717) is 48.4 Å². The fourth-order valence-corrected chi connectivity index (χ4v) is 12.5. The van der Waals surface area contributed by atoms with Crippen molar-refractivity contribution >= 4 is 51.5 Å². The van der Waals surface area contributed by atoms with Gasteiger partial charge in [0.2, 0.25) is 0 Å². The van der Waals surface area contributed by atoms with Crippen LogP contribution in [0.4, 0.5) is 157 Å². The first-order valence-corrected chi connectivity index (χ1v) is 34.9. The Balaban J connectivity index is 0.000000243. The number of halogens is 28. The van der Waals surface area contributed by atoms with Gasteiger partial charge in [-0.1, -0.05) is 59.7 Å². The molecule has 9 aromatic rings. The number of nitrogens with one attached hydrogen (secondary N) is 3. The van der Waals surface area contributed by atoms with E-state index >= 15 is 0 Å². The molecule has 0 amide bonds. The Bertz CT molecular complexity index is 5030.